The maximum atomic E-state index is 3.98. The van der Waals surface area contributed by atoms with Gasteiger partial charge >= 0.3 is 0 Å². The van der Waals surface area contributed by atoms with Crippen molar-refractivity contribution < 1.29 is 0 Å². The maximum absolute atomic E-state index is 3.98. The first kappa shape index (κ1) is 7.16. The molecule has 2 heterocycles. The molecule has 0 amide bonds. The number of hydrogen-bond acceptors (Lipinski definition) is 1. The van der Waals surface area contributed by atoms with Gasteiger partial charge in [0, 0.05) is 24.5 Å². The van der Waals surface area contributed by atoms with Crippen molar-refractivity contribution in [3.8, 4) is 0 Å². The molecule has 3 heteroatoms. The molecule has 0 aliphatic carbocycles. The standard InChI is InChI=1S/C9H10N3/c1-7-5-8(6-12(7)2)9-3-4-10-11-9/h3-6H,1-2H3. The van der Waals surface area contributed by atoms with E-state index in [-0.39, 0.29) is 0 Å². The summed E-state index contributed by atoms with van der Waals surface area (Å²) in [6.07, 6.45) is 5.67. The van der Waals surface area contributed by atoms with Crippen molar-refractivity contribution in [2.75, 3.05) is 0 Å². The summed E-state index contributed by atoms with van der Waals surface area (Å²) in [7, 11) is 2.02. The Morgan fingerprint density at radius 1 is 1.42 bits per heavy atom. The zero-order valence-electron chi connectivity index (χ0n) is 7.15. The monoisotopic (exact) mass is 160 g/mol. The largest absolute Gasteiger partial charge is 0.354 e. The van der Waals surface area contributed by atoms with E-state index in [2.05, 4.69) is 34.3 Å². The fourth-order valence-corrected chi connectivity index (χ4v) is 1.20. The van der Waals surface area contributed by atoms with Gasteiger partial charge in [0.25, 0.3) is 0 Å². The second-order valence-electron chi connectivity index (χ2n) is 2.90. The van der Waals surface area contributed by atoms with E-state index in [0.717, 1.165) is 11.3 Å². The number of allylic oxidation sites excluding steroid dienone is 1. The Hall–Kier alpha value is -1.51. The summed E-state index contributed by atoms with van der Waals surface area (Å²) >= 11 is 0. The number of aryl methyl sites for hydroxylation is 2. The quantitative estimate of drug-likeness (QED) is 0.590. The minimum Gasteiger partial charge on any atom is -0.354 e. The first-order valence-electron chi connectivity index (χ1n) is 3.85. The summed E-state index contributed by atoms with van der Waals surface area (Å²) < 4.78 is 2.07. The highest BCUT2D eigenvalue weighted by Gasteiger charge is 2.06. The van der Waals surface area contributed by atoms with Crippen LogP contribution in [0.2, 0.25) is 0 Å². The molecule has 1 aromatic heterocycles. The first-order chi connectivity index (χ1) is 5.77. The molecule has 0 N–H and O–H groups in total. The molecule has 0 atom stereocenters. The van der Waals surface area contributed by atoms with Gasteiger partial charge in [-0.25, -0.2) is 0 Å². The van der Waals surface area contributed by atoms with Crippen LogP contribution in [0, 0.1) is 6.92 Å². The number of nitrogens with zero attached hydrogens (tertiary/aromatic N) is 3. The lowest BCUT2D eigenvalue weighted by atomic mass is 10.2. The molecule has 1 aliphatic rings. The van der Waals surface area contributed by atoms with E-state index in [1.54, 1.807) is 6.20 Å². The fourth-order valence-electron chi connectivity index (χ4n) is 1.20. The Morgan fingerprint density at radius 2 is 2.25 bits per heavy atom. The minimum absolute atomic E-state index is 0.943. The summed E-state index contributed by atoms with van der Waals surface area (Å²) in [6.45, 7) is 2.07. The molecule has 0 aromatic carbocycles. The van der Waals surface area contributed by atoms with Crippen LogP contribution in [0.3, 0.4) is 0 Å². The molecule has 0 spiro atoms. The molecule has 3 nitrogen and oxygen atoms in total. The van der Waals surface area contributed by atoms with Gasteiger partial charge in [-0.2, -0.15) is 10.5 Å². The summed E-state index contributed by atoms with van der Waals surface area (Å²) in [5, 5.41) is 3.98. The Kier molecular flexibility index (Phi) is 1.50. The highest BCUT2D eigenvalue weighted by molar-refractivity contribution is 6.09. The summed E-state index contributed by atoms with van der Waals surface area (Å²) in [5.74, 6) is 0. The highest BCUT2D eigenvalue weighted by Crippen LogP contribution is 2.09. The van der Waals surface area contributed by atoms with Gasteiger partial charge in [0.1, 0.15) is 0 Å². The van der Waals surface area contributed by atoms with Gasteiger partial charge in [-0.1, -0.05) is 0 Å². The van der Waals surface area contributed by atoms with Gasteiger partial charge < -0.3 is 4.57 Å². The van der Waals surface area contributed by atoms with Crippen LogP contribution >= 0.6 is 0 Å². The molecule has 61 valence electrons. The van der Waals surface area contributed by atoms with Crippen LogP contribution in [-0.2, 0) is 7.05 Å². The smallest absolute Gasteiger partial charge is 0.0960 e. The van der Waals surface area contributed by atoms with E-state index in [1.165, 1.54) is 5.69 Å². The Labute approximate surface area is 71.4 Å². The van der Waals surface area contributed by atoms with Gasteiger partial charge in [-0.15, -0.1) is 0 Å². The molecule has 0 saturated carbocycles. The second kappa shape index (κ2) is 2.52. The number of aromatic nitrogens is 1. The highest BCUT2D eigenvalue weighted by atomic mass is 15.3. The molecule has 1 aliphatic heterocycles. The topological polar surface area (TPSA) is 31.4 Å². The third-order valence-corrected chi connectivity index (χ3v) is 2.01. The van der Waals surface area contributed by atoms with Gasteiger partial charge in [0.05, 0.1) is 11.9 Å². The zero-order chi connectivity index (χ0) is 8.55. The van der Waals surface area contributed by atoms with Crippen molar-refractivity contribution in [3.63, 3.8) is 0 Å². The summed E-state index contributed by atoms with van der Waals surface area (Å²) in [4.78, 5) is 0. The Bertz CT molecular complexity index is 338. The van der Waals surface area contributed by atoms with Crippen LogP contribution in [0.4, 0.5) is 0 Å². The fraction of sp³-hybridized carbons (Fsp3) is 0.222. The minimum atomic E-state index is 0.943. The van der Waals surface area contributed by atoms with E-state index in [1.807, 2.05) is 13.1 Å². The maximum Gasteiger partial charge on any atom is 0.0960 e. The van der Waals surface area contributed by atoms with Gasteiger partial charge in [0.15, 0.2) is 0 Å². The predicted octanol–water partition coefficient (Wildman–Crippen LogP) is 1.17. The van der Waals surface area contributed by atoms with Crippen LogP contribution in [-0.4, -0.2) is 10.3 Å². The second-order valence-corrected chi connectivity index (χ2v) is 2.90. The van der Waals surface area contributed by atoms with E-state index in [0.29, 0.717) is 0 Å². The van der Waals surface area contributed by atoms with Crippen molar-refractivity contribution in [2.24, 2.45) is 12.1 Å². The number of hydrogen-bond donors (Lipinski definition) is 0. The third kappa shape index (κ3) is 1.03. The van der Waals surface area contributed by atoms with Crippen LogP contribution in [0.1, 0.15) is 11.3 Å². The van der Waals surface area contributed by atoms with Crippen LogP contribution in [0.15, 0.2) is 29.6 Å². The normalized spacial score (nSPS) is 14.7. The van der Waals surface area contributed by atoms with E-state index < -0.39 is 0 Å². The lowest BCUT2D eigenvalue weighted by Gasteiger charge is -1.90. The van der Waals surface area contributed by atoms with Crippen molar-refractivity contribution in [1.82, 2.24) is 9.99 Å². The van der Waals surface area contributed by atoms with E-state index in [4.69, 9.17) is 0 Å². The lowest BCUT2D eigenvalue weighted by molar-refractivity contribution is 0.882. The van der Waals surface area contributed by atoms with Crippen molar-refractivity contribution in [3.05, 3.63) is 35.8 Å². The van der Waals surface area contributed by atoms with E-state index in [9.17, 15) is 0 Å². The molecular formula is C9H10N3. The van der Waals surface area contributed by atoms with Gasteiger partial charge in [0.2, 0.25) is 0 Å². The molecule has 2 rings (SSSR count). The molecule has 0 saturated heterocycles. The van der Waals surface area contributed by atoms with Gasteiger partial charge in [-0.05, 0) is 19.1 Å². The summed E-state index contributed by atoms with van der Waals surface area (Å²) in [6, 6.07) is 2.10. The Balaban J connectivity index is 2.40. The molecule has 1 aromatic rings. The van der Waals surface area contributed by atoms with Crippen LogP contribution in [0.25, 0.3) is 0 Å². The van der Waals surface area contributed by atoms with Crippen LogP contribution in [0.5, 0.6) is 0 Å². The zero-order valence-corrected chi connectivity index (χ0v) is 7.15. The van der Waals surface area contributed by atoms with Crippen molar-refractivity contribution in [1.29, 1.82) is 0 Å². The molecule has 0 bridgehead atoms. The molecule has 12 heavy (non-hydrogen) atoms. The number of rotatable bonds is 1. The molecule has 0 fully saturated rings. The van der Waals surface area contributed by atoms with Gasteiger partial charge in [-0.3, -0.25) is 0 Å². The predicted molar refractivity (Wildman–Crippen MR) is 48.0 cm³/mol. The molecular weight excluding hydrogens is 150 g/mol. The van der Waals surface area contributed by atoms with Crippen molar-refractivity contribution in [2.45, 2.75) is 6.92 Å². The average molecular weight is 160 g/mol. The van der Waals surface area contributed by atoms with Crippen LogP contribution < -0.4 is 5.43 Å². The third-order valence-electron chi connectivity index (χ3n) is 2.01. The SMILES string of the molecule is Cc1cc(C2=N[N]C=C2)cn1C. The van der Waals surface area contributed by atoms with Crippen molar-refractivity contribution >= 4 is 5.71 Å². The average Bonchev–Trinajstić information content (AvgIpc) is 2.61. The molecule has 0 unspecified atom stereocenters. The Morgan fingerprint density at radius 3 is 2.75 bits per heavy atom. The lowest BCUT2D eigenvalue weighted by Crippen LogP contribution is -1.91. The first-order valence-corrected chi connectivity index (χ1v) is 3.85. The molecule has 1 radical (unpaired) electrons. The summed E-state index contributed by atoms with van der Waals surface area (Å²) in [5.41, 5.74) is 7.08. The van der Waals surface area contributed by atoms with E-state index >= 15 is 0 Å².